The second-order valence-corrected chi connectivity index (χ2v) is 6.85. The molecule has 1 amide bonds. The maximum absolute atomic E-state index is 13.6. The minimum Gasteiger partial charge on any atom is -0.358 e. The summed E-state index contributed by atoms with van der Waals surface area (Å²) in [7, 11) is 0. The highest BCUT2D eigenvalue weighted by Gasteiger charge is 2.22. The van der Waals surface area contributed by atoms with E-state index in [-0.39, 0.29) is 24.2 Å². The lowest BCUT2D eigenvalue weighted by atomic mass is 10.0. The number of H-pyrrole nitrogens is 1. The molecule has 0 bridgehead atoms. The molecule has 2 N–H and O–H groups in total. The maximum atomic E-state index is 13.6. The van der Waals surface area contributed by atoms with Gasteiger partial charge in [0.25, 0.3) is 0 Å². The molecular formula is C19H21FN4O. The molecule has 4 rings (SSSR count). The van der Waals surface area contributed by atoms with Gasteiger partial charge in [0.15, 0.2) is 0 Å². The van der Waals surface area contributed by atoms with Gasteiger partial charge in [-0.25, -0.2) is 9.37 Å². The van der Waals surface area contributed by atoms with Gasteiger partial charge in [0.1, 0.15) is 11.6 Å². The Morgan fingerprint density at radius 1 is 1.44 bits per heavy atom. The van der Waals surface area contributed by atoms with Crippen molar-refractivity contribution in [2.45, 2.75) is 45.7 Å². The van der Waals surface area contributed by atoms with Crippen molar-refractivity contribution in [1.82, 2.24) is 19.9 Å². The fraction of sp³-hybridized carbons (Fsp3) is 0.368. The number of rotatable bonds is 3. The van der Waals surface area contributed by atoms with Gasteiger partial charge < -0.3 is 14.9 Å². The minimum atomic E-state index is -0.288. The van der Waals surface area contributed by atoms with E-state index < -0.39 is 0 Å². The smallest absolute Gasteiger partial charge is 0.224 e. The topological polar surface area (TPSA) is 62.7 Å². The number of hydrogen-bond acceptors (Lipinski definition) is 2. The second-order valence-electron chi connectivity index (χ2n) is 6.85. The molecule has 0 fully saturated rings. The Morgan fingerprint density at radius 3 is 3.12 bits per heavy atom. The maximum Gasteiger partial charge on any atom is 0.224 e. The third kappa shape index (κ3) is 3.04. The molecule has 0 saturated heterocycles. The van der Waals surface area contributed by atoms with E-state index in [9.17, 15) is 9.18 Å². The molecule has 130 valence electrons. The molecule has 25 heavy (non-hydrogen) atoms. The van der Waals surface area contributed by atoms with E-state index in [1.807, 2.05) is 20.0 Å². The largest absolute Gasteiger partial charge is 0.358 e. The molecule has 1 unspecified atom stereocenters. The van der Waals surface area contributed by atoms with E-state index in [1.165, 1.54) is 12.1 Å². The van der Waals surface area contributed by atoms with Crippen LogP contribution < -0.4 is 5.32 Å². The summed E-state index contributed by atoms with van der Waals surface area (Å²) in [6, 6.07) is 4.73. The molecule has 6 heteroatoms. The zero-order chi connectivity index (χ0) is 17.6. The molecule has 5 nitrogen and oxygen atoms in total. The predicted octanol–water partition coefficient (Wildman–Crippen LogP) is 2.79. The minimum absolute atomic E-state index is 0.0291. The molecule has 3 heterocycles. The second kappa shape index (κ2) is 6.02. The molecular weight excluding hydrogens is 319 g/mol. The van der Waals surface area contributed by atoms with E-state index in [2.05, 4.69) is 19.9 Å². The van der Waals surface area contributed by atoms with E-state index in [0.29, 0.717) is 0 Å². The summed E-state index contributed by atoms with van der Waals surface area (Å²) < 4.78 is 15.7. The SMILES string of the molecule is Cc1cn2c(n1)CCC(NC(=O)Cc1c(C)[nH]c3ccc(F)cc13)C2. The number of carbonyl (C=O) groups is 1. The number of nitrogens with one attached hydrogen (secondary N) is 2. The van der Waals surface area contributed by atoms with Crippen LogP contribution in [0, 0.1) is 19.7 Å². The summed E-state index contributed by atoms with van der Waals surface area (Å²) in [6.07, 6.45) is 4.04. The zero-order valence-electron chi connectivity index (χ0n) is 14.4. The van der Waals surface area contributed by atoms with Gasteiger partial charge >= 0.3 is 0 Å². The van der Waals surface area contributed by atoms with Crippen molar-refractivity contribution in [3.8, 4) is 0 Å². The van der Waals surface area contributed by atoms with Crippen LogP contribution >= 0.6 is 0 Å². The Balaban J connectivity index is 1.48. The van der Waals surface area contributed by atoms with Crippen LogP contribution in [0.3, 0.4) is 0 Å². The predicted molar refractivity (Wildman–Crippen MR) is 93.9 cm³/mol. The lowest BCUT2D eigenvalue weighted by molar-refractivity contribution is -0.121. The first-order chi connectivity index (χ1) is 12.0. The van der Waals surface area contributed by atoms with Gasteiger partial charge in [0.05, 0.1) is 12.1 Å². The number of carbonyl (C=O) groups excluding carboxylic acids is 1. The Morgan fingerprint density at radius 2 is 2.28 bits per heavy atom. The van der Waals surface area contributed by atoms with Crippen LogP contribution in [0.5, 0.6) is 0 Å². The molecule has 2 aromatic heterocycles. The van der Waals surface area contributed by atoms with Gasteiger partial charge in [0, 0.05) is 41.8 Å². The van der Waals surface area contributed by atoms with Crippen molar-refractivity contribution in [1.29, 1.82) is 0 Å². The summed E-state index contributed by atoms with van der Waals surface area (Å²) in [6.45, 7) is 4.66. The standard InChI is InChI=1S/C19H21FN4O/c1-11-9-24-10-14(4-6-18(24)21-11)23-19(25)8-15-12(2)22-17-5-3-13(20)7-16(15)17/h3,5,7,9,14,22H,4,6,8,10H2,1-2H3,(H,23,25). The average molecular weight is 340 g/mol. The highest BCUT2D eigenvalue weighted by molar-refractivity contribution is 5.90. The van der Waals surface area contributed by atoms with Crippen LogP contribution in [0.15, 0.2) is 24.4 Å². The lowest BCUT2D eigenvalue weighted by Crippen LogP contribution is -2.41. The van der Waals surface area contributed by atoms with Gasteiger partial charge in [-0.15, -0.1) is 0 Å². The molecule has 0 aliphatic carbocycles. The lowest BCUT2D eigenvalue weighted by Gasteiger charge is -2.24. The van der Waals surface area contributed by atoms with Crippen molar-refractivity contribution < 1.29 is 9.18 Å². The number of imidazole rings is 1. The first kappa shape index (κ1) is 15.9. The van der Waals surface area contributed by atoms with E-state index >= 15 is 0 Å². The quantitative estimate of drug-likeness (QED) is 0.770. The number of aryl methyl sites for hydroxylation is 3. The molecule has 0 radical (unpaired) electrons. The van der Waals surface area contributed by atoms with Crippen LogP contribution in [0.4, 0.5) is 4.39 Å². The number of fused-ring (bicyclic) bond motifs is 2. The number of aromatic nitrogens is 3. The van der Waals surface area contributed by atoms with Gasteiger partial charge in [-0.1, -0.05) is 0 Å². The summed E-state index contributed by atoms with van der Waals surface area (Å²) in [5, 5.41) is 3.90. The molecule has 1 aliphatic heterocycles. The third-order valence-corrected chi connectivity index (χ3v) is 4.90. The fourth-order valence-electron chi connectivity index (χ4n) is 3.73. The van der Waals surface area contributed by atoms with Gasteiger partial charge in [-0.05, 0) is 44.0 Å². The van der Waals surface area contributed by atoms with Crippen LogP contribution in [0.1, 0.15) is 29.2 Å². The van der Waals surface area contributed by atoms with Crippen LogP contribution in [-0.4, -0.2) is 26.5 Å². The number of hydrogen-bond donors (Lipinski definition) is 2. The van der Waals surface area contributed by atoms with Crippen molar-refractivity contribution in [3.63, 3.8) is 0 Å². The summed E-state index contributed by atoms with van der Waals surface area (Å²) in [4.78, 5) is 20.2. The molecule has 1 aliphatic rings. The molecule has 1 aromatic carbocycles. The van der Waals surface area contributed by atoms with Crippen molar-refractivity contribution in [3.05, 3.63) is 53.0 Å². The first-order valence-corrected chi connectivity index (χ1v) is 8.58. The van der Waals surface area contributed by atoms with Crippen molar-refractivity contribution in [2.24, 2.45) is 0 Å². The van der Waals surface area contributed by atoms with E-state index in [1.54, 1.807) is 6.07 Å². The number of benzene rings is 1. The van der Waals surface area contributed by atoms with E-state index in [0.717, 1.165) is 53.1 Å². The molecule has 0 saturated carbocycles. The Kier molecular flexibility index (Phi) is 3.82. The van der Waals surface area contributed by atoms with Crippen LogP contribution in [-0.2, 0) is 24.2 Å². The van der Waals surface area contributed by atoms with Crippen LogP contribution in [0.25, 0.3) is 10.9 Å². The van der Waals surface area contributed by atoms with E-state index in [4.69, 9.17) is 0 Å². The number of nitrogens with zero attached hydrogens (tertiary/aromatic N) is 2. The number of halogens is 1. The van der Waals surface area contributed by atoms with Gasteiger partial charge in [-0.2, -0.15) is 0 Å². The normalized spacial score (nSPS) is 16.8. The van der Waals surface area contributed by atoms with Crippen LogP contribution in [0.2, 0.25) is 0 Å². The van der Waals surface area contributed by atoms with Crippen molar-refractivity contribution in [2.75, 3.05) is 0 Å². The zero-order valence-corrected chi connectivity index (χ0v) is 14.4. The molecule has 0 spiro atoms. The van der Waals surface area contributed by atoms with Crippen molar-refractivity contribution >= 4 is 16.8 Å². The fourth-order valence-corrected chi connectivity index (χ4v) is 3.73. The summed E-state index contributed by atoms with van der Waals surface area (Å²) in [5.41, 5.74) is 3.64. The highest BCUT2D eigenvalue weighted by Crippen LogP contribution is 2.24. The highest BCUT2D eigenvalue weighted by atomic mass is 19.1. The summed E-state index contributed by atoms with van der Waals surface area (Å²) in [5.74, 6) is 0.771. The van der Waals surface area contributed by atoms with Gasteiger partial charge in [-0.3, -0.25) is 4.79 Å². The summed E-state index contributed by atoms with van der Waals surface area (Å²) >= 11 is 0. The monoisotopic (exact) mass is 340 g/mol. The third-order valence-electron chi connectivity index (χ3n) is 4.90. The Labute approximate surface area is 145 Å². The molecule has 3 aromatic rings. The Bertz CT molecular complexity index is 956. The first-order valence-electron chi connectivity index (χ1n) is 8.58. The molecule has 1 atom stereocenters. The Hall–Kier alpha value is -2.63. The van der Waals surface area contributed by atoms with Gasteiger partial charge in [0.2, 0.25) is 5.91 Å². The average Bonchev–Trinajstić information content (AvgIpc) is 3.06. The number of aromatic amines is 1. The number of amides is 1.